The zero-order chi connectivity index (χ0) is 20.4. The Morgan fingerprint density at radius 2 is 1.86 bits per heavy atom. The Kier molecular flexibility index (Phi) is 5.29. The van der Waals surface area contributed by atoms with Crippen LogP contribution in [0.1, 0.15) is 24.0 Å². The van der Waals surface area contributed by atoms with Crippen LogP contribution in [0.25, 0.3) is 0 Å². The molecule has 1 fully saturated rings. The third-order valence-electron chi connectivity index (χ3n) is 5.37. The minimum atomic E-state index is -0.377. The molecular formula is C22H25N3O4. The molecule has 152 valence electrons. The number of carbonyl (C=O) groups excluding carboxylic acids is 2. The van der Waals surface area contributed by atoms with Gasteiger partial charge in [-0.1, -0.05) is 12.1 Å². The van der Waals surface area contributed by atoms with Gasteiger partial charge in [-0.3, -0.25) is 4.79 Å². The number of amides is 3. The van der Waals surface area contributed by atoms with Crippen LogP contribution in [0.15, 0.2) is 36.4 Å². The smallest absolute Gasteiger partial charge is 0.323 e. The quantitative estimate of drug-likeness (QED) is 0.810. The fraction of sp³-hybridized carbons (Fsp3) is 0.364. The molecule has 29 heavy (non-hydrogen) atoms. The minimum absolute atomic E-state index is 0.224. The van der Waals surface area contributed by atoms with Gasteiger partial charge >= 0.3 is 6.03 Å². The van der Waals surface area contributed by atoms with Gasteiger partial charge in [0.25, 0.3) is 0 Å². The molecule has 1 aliphatic carbocycles. The van der Waals surface area contributed by atoms with Gasteiger partial charge < -0.3 is 25.0 Å². The first kappa shape index (κ1) is 19.1. The number of ether oxygens (including phenoxy) is 2. The standard InChI is InChI=1S/C22H25N3O4/c1-28-19-5-3-4-18(20(19)29-2)24-22(27)23-17-9-8-14-10-11-25(13-16(14)12-17)21(26)15-6-7-15/h3-5,8-9,12,15H,6-7,10-11,13H2,1-2H3,(H2,23,24,27). The predicted octanol–water partition coefficient (Wildman–Crippen LogP) is 3.64. The summed E-state index contributed by atoms with van der Waals surface area (Å²) < 4.78 is 10.6. The van der Waals surface area contributed by atoms with Gasteiger partial charge in [0.2, 0.25) is 5.91 Å². The van der Waals surface area contributed by atoms with Crippen LogP contribution in [-0.4, -0.2) is 37.6 Å². The number of fused-ring (bicyclic) bond motifs is 1. The maximum absolute atomic E-state index is 12.5. The van der Waals surface area contributed by atoms with E-state index in [1.54, 1.807) is 25.3 Å². The second kappa shape index (κ2) is 8.03. The topological polar surface area (TPSA) is 79.9 Å². The number of hydrogen-bond donors (Lipinski definition) is 2. The second-order valence-corrected chi connectivity index (χ2v) is 7.39. The average molecular weight is 395 g/mol. The Hall–Kier alpha value is -3.22. The number of methoxy groups -OCH3 is 2. The van der Waals surface area contributed by atoms with Crippen molar-refractivity contribution in [1.29, 1.82) is 0 Å². The first-order valence-electron chi connectivity index (χ1n) is 9.78. The maximum Gasteiger partial charge on any atom is 0.323 e. The highest BCUT2D eigenvalue weighted by atomic mass is 16.5. The number of rotatable bonds is 5. The fourth-order valence-corrected chi connectivity index (χ4v) is 3.68. The molecule has 2 aromatic rings. The van der Waals surface area contributed by atoms with Gasteiger partial charge in [0, 0.05) is 24.7 Å². The van der Waals surface area contributed by atoms with Crippen molar-refractivity contribution < 1.29 is 19.1 Å². The predicted molar refractivity (Wildman–Crippen MR) is 110 cm³/mol. The van der Waals surface area contributed by atoms with Crippen LogP contribution in [0.2, 0.25) is 0 Å². The first-order chi connectivity index (χ1) is 14.1. The normalized spacial score (nSPS) is 15.3. The van der Waals surface area contributed by atoms with Crippen molar-refractivity contribution in [3.8, 4) is 11.5 Å². The van der Waals surface area contributed by atoms with Gasteiger partial charge in [-0.15, -0.1) is 0 Å². The van der Waals surface area contributed by atoms with E-state index in [0.717, 1.165) is 31.4 Å². The number of anilines is 2. The van der Waals surface area contributed by atoms with Gasteiger partial charge in [-0.25, -0.2) is 4.79 Å². The van der Waals surface area contributed by atoms with E-state index in [4.69, 9.17) is 9.47 Å². The molecule has 0 bridgehead atoms. The van der Waals surface area contributed by atoms with Crippen LogP contribution in [0.3, 0.4) is 0 Å². The molecule has 3 amide bonds. The lowest BCUT2D eigenvalue weighted by molar-refractivity contribution is -0.133. The van der Waals surface area contributed by atoms with Crippen LogP contribution < -0.4 is 20.1 Å². The van der Waals surface area contributed by atoms with Gasteiger partial charge in [-0.05, 0) is 54.7 Å². The van der Waals surface area contributed by atoms with Gasteiger partial charge in [0.1, 0.15) is 0 Å². The third-order valence-corrected chi connectivity index (χ3v) is 5.37. The molecule has 1 heterocycles. The number of benzene rings is 2. The highest BCUT2D eigenvalue weighted by Crippen LogP contribution is 2.35. The summed E-state index contributed by atoms with van der Waals surface area (Å²) in [7, 11) is 3.07. The van der Waals surface area contributed by atoms with Gasteiger partial charge in [0.05, 0.1) is 19.9 Å². The Morgan fingerprint density at radius 3 is 2.59 bits per heavy atom. The molecule has 2 aromatic carbocycles. The molecule has 0 saturated heterocycles. The number of para-hydroxylation sites is 1. The van der Waals surface area contributed by atoms with Crippen molar-refractivity contribution >= 4 is 23.3 Å². The average Bonchev–Trinajstić information content (AvgIpc) is 3.57. The Labute approximate surface area is 170 Å². The van der Waals surface area contributed by atoms with Crippen molar-refractivity contribution in [2.24, 2.45) is 5.92 Å². The molecule has 0 unspecified atom stereocenters. The first-order valence-corrected chi connectivity index (χ1v) is 9.78. The summed E-state index contributed by atoms with van der Waals surface area (Å²) in [6.07, 6.45) is 2.87. The summed E-state index contributed by atoms with van der Waals surface area (Å²) in [6.45, 7) is 1.37. The number of hydrogen-bond acceptors (Lipinski definition) is 4. The van der Waals surface area contributed by atoms with Gasteiger partial charge in [0.15, 0.2) is 11.5 Å². The molecule has 7 heteroatoms. The molecule has 1 aliphatic heterocycles. The highest BCUT2D eigenvalue weighted by Gasteiger charge is 2.34. The molecule has 2 aliphatic rings. The Balaban J connectivity index is 1.44. The van der Waals surface area contributed by atoms with E-state index >= 15 is 0 Å². The molecule has 7 nitrogen and oxygen atoms in total. The summed E-state index contributed by atoms with van der Waals surface area (Å²) >= 11 is 0. The summed E-state index contributed by atoms with van der Waals surface area (Å²) in [4.78, 5) is 26.8. The lowest BCUT2D eigenvalue weighted by atomic mass is 9.98. The lowest BCUT2D eigenvalue weighted by Gasteiger charge is -2.29. The summed E-state index contributed by atoms with van der Waals surface area (Å²) in [5, 5.41) is 5.65. The van der Waals surface area contributed by atoms with E-state index in [2.05, 4.69) is 10.6 Å². The van der Waals surface area contributed by atoms with E-state index in [-0.39, 0.29) is 17.9 Å². The summed E-state index contributed by atoms with van der Waals surface area (Å²) in [5.74, 6) is 1.49. The number of nitrogens with one attached hydrogen (secondary N) is 2. The second-order valence-electron chi connectivity index (χ2n) is 7.39. The minimum Gasteiger partial charge on any atom is -0.493 e. The van der Waals surface area contributed by atoms with Crippen LogP contribution in [0, 0.1) is 5.92 Å². The molecule has 0 atom stereocenters. The van der Waals surface area contributed by atoms with Crippen molar-refractivity contribution in [3.05, 3.63) is 47.5 Å². The van der Waals surface area contributed by atoms with E-state index in [1.165, 1.54) is 12.7 Å². The van der Waals surface area contributed by atoms with Crippen molar-refractivity contribution in [3.63, 3.8) is 0 Å². The van der Waals surface area contributed by atoms with Crippen LogP contribution in [-0.2, 0) is 17.8 Å². The molecule has 4 rings (SSSR count). The largest absolute Gasteiger partial charge is 0.493 e. The Morgan fingerprint density at radius 1 is 1.03 bits per heavy atom. The molecule has 1 saturated carbocycles. The number of carbonyl (C=O) groups is 2. The maximum atomic E-state index is 12.5. The van der Waals surface area contributed by atoms with Gasteiger partial charge in [-0.2, -0.15) is 0 Å². The highest BCUT2D eigenvalue weighted by molar-refractivity contribution is 6.01. The molecule has 2 N–H and O–H groups in total. The molecule has 0 radical (unpaired) electrons. The number of urea groups is 1. The van der Waals surface area contributed by atoms with Crippen molar-refractivity contribution in [1.82, 2.24) is 4.90 Å². The van der Waals surface area contributed by atoms with E-state index < -0.39 is 0 Å². The molecular weight excluding hydrogens is 370 g/mol. The van der Waals surface area contributed by atoms with Crippen LogP contribution in [0.4, 0.5) is 16.2 Å². The van der Waals surface area contributed by atoms with Crippen molar-refractivity contribution in [2.75, 3.05) is 31.4 Å². The van der Waals surface area contributed by atoms with Crippen molar-refractivity contribution in [2.45, 2.75) is 25.8 Å². The SMILES string of the molecule is COc1cccc(NC(=O)Nc2ccc3c(c2)CN(C(=O)C2CC2)CC3)c1OC. The Bertz CT molecular complexity index is 940. The summed E-state index contributed by atoms with van der Waals surface area (Å²) in [5.41, 5.74) is 3.51. The van der Waals surface area contributed by atoms with Crippen LogP contribution in [0.5, 0.6) is 11.5 Å². The zero-order valence-corrected chi connectivity index (χ0v) is 16.7. The van der Waals surface area contributed by atoms with E-state index in [9.17, 15) is 9.59 Å². The lowest BCUT2D eigenvalue weighted by Crippen LogP contribution is -2.36. The molecule has 0 spiro atoms. The number of nitrogens with zero attached hydrogens (tertiary/aromatic N) is 1. The third kappa shape index (κ3) is 4.13. The molecule has 0 aromatic heterocycles. The monoisotopic (exact) mass is 395 g/mol. The fourth-order valence-electron chi connectivity index (χ4n) is 3.68. The van der Waals surface area contributed by atoms with E-state index in [1.807, 2.05) is 23.1 Å². The van der Waals surface area contributed by atoms with E-state index in [0.29, 0.717) is 29.4 Å². The van der Waals surface area contributed by atoms with Crippen LogP contribution >= 0.6 is 0 Å². The zero-order valence-electron chi connectivity index (χ0n) is 16.7. The summed E-state index contributed by atoms with van der Waals surface area (Å²) in [6, 6.07) is 10.8.